The van der Waals surface area contributed by atoms with Crippen molar-refractivity contribution in [1.29, 1.82) is 0 Å². The van der Waals surface area contributed by atoms with Gasteiger partial charge in [0.25, 0.3) is 0 Å². The molecule has 21 heavy (non-hydrogen) atoms. The van der Waals surface area contributed by atoms with Crippen LogP contribution in [0.1, 0.15) is 30.4 Å². The molecule has 0 aromatic heterocycles. The molecular weight excluding hydrogens is 281 g/mol. The number of benzene rings is 1. The lowest BCUT2D eigenvalue weighted by Gasteiger charge is -2.21. The Morgan fingerprint density at radius 1 is 1.29 bits per heavy atom. The van der Waals surface area contributed by atoms with Crippen LogP contribution in [0.15, 0.2) is 24.3 Å². The first kappa shape index (κ1) is 15.8. The number of nitrogens with zero attached hydrogens (tertiary/aromatic N) is 1. The van der Waals surface area contributed by atoms with Gasteiger partial charge >= 0.3 is 6.18 Å². The molecule has 3 nitrogen and oxygen atoms in total. The highest BCUT2D eigenvalue weighted by atomic mass is 19.4. The smallest absolute Gasteiger partial charge is 0.368 e. The van der Waals surface area contributed by atoms with Crippen LogP contribution >= 0.6 is 0 Å². The van der Waals surface area contributed by atoms with Gasteiger partial charge in [0.15, 0.2) is 0 Å². The SMILES string of the molecule is NC(=O)[C@@H]1CCCN1CCCc1ccc(C(F)(F)F)cc1. The van der Waals surface area contributed by atoms with Crippen LogP contribution in [0.5, 0.6) is 0 Å². The standard InChI is InChI=1S/C15H19F3N2O/c16-15(17,18)12-7-5-11(6-8-12)3-1-9-20-10-2-4-13(20)14(19)21/h5-8,13H,1-4,9-10H2,(H2,19,21)/t13-/m0/s1. The molecule has 1 atom stereocenters. The number of rotatable bonds is 5. The fourth-order valence-electron chi connectivity index (χ4n) is 2.76. The first-order chi connectivity index (χ1) is 9.88. The molecule has 1 fully saturated rings. The number of amides is 1. The van der Waals surface area contributed by atoms with Crippen LogP contribution < -0.4 is 5.73 Å². The number of hydrogen-bond donors (Lipinski definition) is 1. The summed E-state index contributed by atoms with van der Waals surface area (Å²) >= 11 is 0. The third-order valence-corrected chi connectivity index (χ3v) is 3.88. The molecule has 1 saturated heterocycles. The van der Waals surface area contributed by atoms with Gasteiger partial charge in [0.05, 0.1) is 11.6 Å². The summed E-state index contributed by atoms with van der Waals surface area (Å²) in [5.74, 6) is -0.290. The van der Waals surface area contributed by atoms with Gasteiger partial charge in [-0.2, -0.15) is 13.2 Å². The van der Waals surface area contributed by atoms with Gasteiger partial charge < -0.3 is 5.73 Å². The van der Waals surface area contributed by atoms with E-state index in [9.17, 15) is 18.0 Å². The van der Waals surface area contributed by atoms with Crippen molar-refractivity contribution in [2.45, 2.75) is 37.9 Å². The molecule has 0 spiro atoms. The molecule has 1 aromatic carbocycles. The first-order valence-corrected chi connectivity index (χ1v) is 7.07. The van der Waals surface area contributed by atoms with Crippen molar-refractivity contribution in [1.82, 2.24) is 4.90 Å². The number of nitrogens with two attached hydrogens (primary N) is 1. The number of likely N-dealkylation sites (tertiary alicyclic amines) is 1. The fourth-order valence-corrected chi connectivity index (χ4v) is 2.76. The van der Waals surface area contributed by atoms with Gasteiger partial charge in [-0.3, -0.25) is 9.69 Å². The highest BCUT2D eigenvalue weighted by molar-refractivity contribution is 5.80. The number of aryl methyl sites for hydroxylation is 1. The number of carbonyl (C=O) groups is 1. The van der Waals surface area contributed by atoms with Crippen molar-refractivity contribution in [3.63, 3.8) is 0 Å². The third-order valence-electron chi connectivity index (χ3n) is 3.88. The normalized spacial score (nSPS) is 19.9. The Morgan fingerprint density at radius 3 is 2.52 bits per heavy atom. The van der Waals surface area contributed by atoms with Crippen molar-refractivity contribution in [3.05, 3.63) is 35.4 Å². The Labute approximate surface area is 121 Å². The molecule has 1 aliphatic rings. The summed E-state index contributed by atoms with van der Waals surface area (Å²) in [6.45, 7) is 1.61. The lowest BCUT2D eigenvalue weighted by Crippen LogP contribution is -2.40. The molecule has 2 rings (SSSR count). The average molecular weight is 300 g/mol. The molecule has 0 unspecified atom stereocenters. The Hall–Kier alpha value is -1.56. The summed E-state index contributed by atoms with van der Waals surface area (Å²) in [5, 5.41) is 0. The highest BCUT2D eigenvalue weighted by Crippen LogP contribution is 2.29. The fraction of sp³-hybridized carbons (Fsp3) is 0.533. The summed E-state index contributed by atoms with van der Waals surface area (Å²) < 4.78 is 37.3. The molecule has 0 saturated carbocycles. The molecule has 1 aromatic rings. The minimum absolute atomic E-state index is 0.183. The van der Waals surface area contributed by atoms with E-state index in [1.54, 1.807) is 0 Å². The number of alkyl halides is 3. The predicted octanol–water partition coefficient (Wildman–Crippen LogP) is 2.59. The van der Waals surface area contributed by atoms with Crippen molar-refractivity contribution in [2.24, 2.45) is 5.73 Å². The van der Waals surface area contributed by atoms with Crippen molar-refractivity contribution in [3.8, 4) is 0 Å². The van der Waals surface area contributed by atoms with Crippen LogP contribution in [0, 0.1) is 0 Å². The maximum atomic E-state index is 12.4. The summed E-state index contributed by atoms with van der Waals surface area (Å²) in [7, 11) is 0. The molecule has 1 aliphatic heterocycles. The minimum Gasteiger partial charge on any atom is -0.368 e. The molecule has 6 heteroatoms. The summed E-state index contributed by atoms with van der Waals surface area (Å²) in [6.07, 6.45) is -1.03. The third kappa shape index (κ3) is 4.20. The summed E-state index contributed by atoms with van der Waals surface area (Å²) in [6, 6.07) is 5.06. The van der Waals surface area contributed by atoms with Gasteiger partial charge in [-0.1, -0.05) is 12.1 Å². The number of hydrogen-bond acceptors (Lipinski definition) is 2. The molecular formula is C15H19F3N2O. The second-order valence-corrected chi connectivity index (χ2v) is 5.39. The van der Waals surface area contributed by atoms with Crippen LogP contribution in [0.2, 0.25) is 0 Å². The van der Waals surface area contributed by atoms with Crippen LogP contribution in [0.25, 0.3) is 0 Å². The Kier molecular flexibility index (Phi) is 4.88. The van der Waals surface area contributed by atoms with Gasteiger partial charge in [0.2, 0.25) is 5.91 Å². The molecule has 1 amide bonds. The molecule has 2 N–H and O–H groups in total. The average Bonchev–Trinajstić information content (AvgIpc) is 2.87. The molecule has 0 bridgehead atoms. The molecule has 0 radical (unpaired) electrons. The van der Waals surface area contributed by atoms with Gasteiger partial charge in [-0.05, 0) is 56.5 Å². The van der Waals surface area contributed by atoms with E-state index >= 15 is 0 Å². The molecule has 0 aliphatic carbocycles. The predicted molar refractivity (Wildman–Crippen MR) is 73.6 cm³/mol. The second kappa shape index (κ2) is 6.47. The van der Waals surface area contributed by atoms with E-state index in [2.05, 4.69) is 4.90 Å². The Bertz CT molecular complexity index is 485. The van der Waals surface area contributed by atoms with Crippen molar-refractivity contribution in [2.75, 3.05) is 13.1 Å². The second-order valence-electron chi connectivity index (χ2n) is 5.39. The van der Waals surface area contributed by atoms with Crippen LogP contribution in [-0.4, -0.2) is 29.9 Å². The van der Waals surface area contributed by atoms with Crippen LogP contribution in [-0.2, 0) is 17.4 Å². The van der Waals surface area contributed by atoms with Crippen molar-refractivity contribution >= 4 is 5.91 Å². The number of primary amides is 1. The quantitative estimate of drug-likeness (QED) is 0.908. The Balaban J connectivity index is 1.82. The zero-order valence-corrected chi connectivity index (χ0v) is 11.7. The van der Waals surface area contributed by atoms with E-state index < -0.39 is 11.7 Å². The van der Waals surface area contributed by atoms with Gasteiger partial charge in [-0.15, -0.1) is 0 Å². The highest BCUT2D eigenvalue weighted by Gasteiger charge is 2.30. The van der Waals surface area contributed by atoms with Crippen LogP contribution in [0.4, 0.5) is 13.2 Å². The van der Waals surface area contributed by atoms with E-state index in [1.165, 1.54) is 12.1 Å². The van der Waals surface area contributed by atoms with E-state index in [-0.39, 0.29) is 11.9 Å². The van der Waals surface area contributed by atoms with E-state index in [0.717, 1.165) is 50.0 Å². The molecule has 116 valence electrons. The van der Waals surface area contributed by atoms with E-state index in [0.29, 0.717) is 6.42 Å². The van der Waals surface area contributed by atoms with E-state index in [1.807, 2.05) is 0 Å². The zero-order valence-electron chi connectivity index (χ0n) is 11.7. The van der Waals surface area contributed by atoms with Gasteiger partial charge in [0.1, 0.15) is 0 Å². The minimum atomic E-state index is -4.29. The first-order valence-electron chi connectivity index (χ1n) is 7.07. The maximum Gasteiger partial charge on any atom is 0.416 e. The van der Waals surface area contributed by atoms with Gasteiger partial charge in [0, 0.05) is 0 Å². The Morgan fingerprint density at radius 2 is 1.95 bits per heavy atom. The maximum absolute atomic E-state index is 12.4. The molecule has 1 heterocycles. The lowest BCUT2D eigenvalue weighted by atomic mass is 10.1. The number of halogens is 3. The van der Waals surface area contributed by atoms with Crippen LogP contribution in [0.3, 0.4) is 0 Å². The topological polar surface area (TPSA) is 46.3 Å². The zero-order chi connectivity index (χ0) is 15.5. The monoisotopic (exact) mass is 300 g/mol. The van der Waals surface area contributed by atoms with Crippen molar-refractivity contribution < 1.29 is 18.0 Å². The largest absolute Gasteiger partial charge is 0.416 e. The summed E-state index contributed by atoms with van der Waals surface area (Å²) in [5.41, 5.74) is 5.59. The summed E-state index contributed by atoms with van der Waals surface area (Å²) in [4.78, 5) is 13.3. The van der Waals surface area contributed by atoms with Gasteiger partial charge in [-0.25, -0.2) is 0 Å². The lowest BCUT2D eigenvalue weighted by molar-refractivity contribution is -0.137. The number of carbonyl (C=O) groups excluding carboxylic acids is 1. The van der Waals surface area contributed by atoms with E-state index in [4.69, 9.17) is 5.73 Å².